The average molecular weight is 319 g/mol. The first-order valence-corrected chi connectivity index (χ1v) is 7.17. The lowest BCUT2D eigenvalue weighted by Crippen LogP contribution is -2.35. The number of halogens is 1. The van der Waals surface area contributed by atoms with Crippen LogP contribution in [0.15, 0.2) is 47.5 Å². The molecule has 3 rings (SSSR count). The zero-order chi connectivity index (χ0) is 14.7. The standard InChI is InChI=1S/C13H11ClN6S/c14-9-6-7-10-12(20-21-19-10)11(9)17-13(18-15)16-8-4-2-1-3-5-8/h1-7H,15H2,(H2,16,17,18). The fraction of sp³-hybridized carbons (Fsp3) is 0. The SMILES string of the molecule is NNC(=Nc1c(Cl)ccc2nsnc12)Nc1ccccc1. The van der Waals surface area contributed by atoms with Crippen molar-refractivity contribution >= 4 is 51.7 Å². The van der Waals surface area contributed by atoms with Gasteiger partial charge in [-0.2, -0.15) is 8.75 Å². The number of nitrogens with two attached hydrogens (primary N) is 1. The van der Waals surface area contributed by atoms with Gasteiger partial charge in [0.05, 0.1) is 16.8 Å². The van der Waals surface area contributed by atoms with Gasteiger partial charge in [-0.1, -0.05) is 29.8 Å². The average Bonchev–Trinajstić information content (AvgIpc) is 2.99. The first-order valence-electron chi connectivity index (χ1n) is 6.06. The molecule has 0 aliphatic rings. The van der Waals surface area contributed by atoms with Crippen molar-refractivity contribution in [3.8, 4) is 0 Å². The molecular formula is C13H11ClN6S. The van der Waals surface area contributed by atoms with Crippen LogP contribution in [-0.2, 0) is 0 Å². The van der Waals surface area contributed by atoms with Gasteiger partial charge in [0, 0.05) is 5.69 Å². The Morgan fingerprint density at radius 2 is 1.95 bits per heavy atom. The number of aromatic nitrogens is 2. The first-order chi connectivity index (χ1) is 10.3. The molecule has 4 N–H and O–H groups in total. The van der Waals surface area contributed by atoms with E-state index in [-0.39, 0.29) is 0 Å². The van der Waals surface area contributed by atoms with Crippen LogP contribution < -0.4 is 16.6 Å². The second-order valence-corrected chi connectivity index (χ2v) is 5.06. The molecule has 0 amide bonds. The Balaban J connectivity index is 2.00. The van der Waals surface area contributed by atoms with Crippen LogP contribution in [0.4, 0.5) is 11.4 Å². The smallest absolute Gasteiger partial charge is 0.215 e. The maximum Gasteiger partial charge on any atom is 0.215 e. The molecule has 0 unspecified atom stereocenters. The molecule has 0 spiro atoms. The van der Waals surface area contributed by atoms with Gasteiger partial charge in [-0.05, 0) is 24.3 Å². The van der Waals surface area contributed by atoms with E-state index >= 15 is 0 Å². The fourth-order valence-electron chi connectivity index (χ4n) is 1.79. The van der Waals surface area contributed by atoms with Crippen LogP contribution in [0, 0.1) is 0 Å². The third kappa shape index (κ3) is 2.94. The second-order valence-electron chi connectivity index (χ2n) is 4.12. The number of hydrazine groups is 1. The summed E-state index contributed by atoms with van der Waals surface area (Å²) < 4.78 is 8.38. The lowest BCUT2D eigenvalue weighted by atomic mass is 10.2. The summed E-state index contributed by atoms with van der Waals surface area (Å²) in [6.07, 6.45) is 0. The largest absolute Gasteiger partial charge is 0.325 e. The van der Waals surface area contributed by atoms with E-state index in [1.807, 2.05) is 30.3 Å². The number of aliphatic imine (C=N–C) groups is 1. The summed E-state index contributed by atoms with van der Waals surface area (Å²) in [6, 6.07) is 13.1. The Labute approximate surface area is 130 Å². The summed E-state index contributed by atoms with van der Waals surface area (Å²) in [5.41, 5.74) is 5.30. The molecule has 0 saturated heterocycles. The topological polar surface area (TPSA) is 88.2 Å². The molecule has 0 fully saturated rings. The molecule has 0 aliphatic heterocycles. The summed E-state index contributed by atoms with van der Waals surface area (Å²) in [5.74, 6) is 5.88. The monoisotopic (exact) mass is 318 g/mol. The van der Waals surface area contributed by atoms with Crippen molar-refractivity contribution < 1.29 is 0 Å². The predicted octanol–water partition coefficient (Wildman–Crippen LogP) is 2.91. The van der Waals surface area contributed by atoms with Crippen molar-refractivity contribution in [2.24, 2.45) is 10.8 Å². The van der Waals surface area contributed by atoms with E-state index in [1.165, 1.54) is 0 Å². The molecule has 21 heavy (non-hydrogen) atoms. The Kier molecular flexibility index (Phi) is 3.96. The highest BCUT2D eigenvalue weighted by Crippen LogP contribution is 2.32. The van der Waals surface area contributed by atoms with E-state index in [4.69, 9.17) is 17.4 Å². The van der Waals surface area contributed by atoms with Crippen LogP contribution in [-0.4, -0.2) is 14.7 Å². The van der Waals surface area contributed by atoms with E-state index in [1.54, 1.807) is 12.1 Å². The van der Waals surface area contributed by atoms with Crippen molar-refractivity contribution in [2.75, 3.05) is 5.32 Å². The van der Waals surface area contributed by atoms with Gasteiger partial charge in [-0.25, -0.2) is 10.8 Å². The number of nitrogens with zero attached hydrogens (tertiary/aromatic N) is 3. The van der Waals surface area contributed by atoms with E-state index in [2.05, 4.69) is 24.5 Å². The van der Waals surface area contributed by atoms with Crippen LogP contribution in [0.5, 0.6) is 0 Å². The molecule has 0 bridgehead atoms. The van der Waals surface area contributed by atoms with E-state index in [0.717, 1.165) is 22.9 Å². The van der Waals surface area contributed by atoms with Crippen molar-refractivity contribution in [3.63, 3.8) is 0 Å². The van der Waals surface area contributed by atoms with Gasteiger partial charge in [0.1, 0.15) is 16.7 Å². The molecule has 8 heteroatoms. The zero-order valence-corrected chi connectivity index (χ0v) is 12.3. The molecule has 6 nitrogen and oxygen atoms in total. The highest BCUT2D eigenvalue weighted by Gasteiger charge is 2.10. The number of hydrogen-bond donors (Lipinski definition) is 3. The zero-order valence-electron chi connectivity index (χ0n) is 10.7. The van der Waals surface area contributed by atoms with Crippen LogP contribution in [0.25, 0.3) is 11.0 Å². The highest BCUT2D eigenvalue weighted by atomic mass is 35.5. The quantitative estimate of drug-likeness (QED) is 0.293. The van der Waals surface area contributed by atoms with E-state index in [9.17, 15) is 0 Å². The van der Waals surface area contributed by atoms with Gasteiger partial charge in [-0.15, -0.1) is 0 Å². The van der Waals surface area contributed by atoms with Crippen LogP contribution in [0.3, 0.4) is 0 Å². The molecule has 0 atom stereocenters. The summed E-state index contributed by atoms with van der Waals surface area (Å²) >= 11 is 7.31. The second kappa shape index (κ2) is 6.04. The van der Waals surface area contributed by atoms with Crippen molar-refractivity contribution in [2.45, 2.75) is 0 Å². The maximum absolute atomic E-state index is 6.20. The summed E-state index contributed by atoms with van der Waals surface area (Å²) in [5, 5.41) is 3.56. The number of para-hydroxylation sites is 1. The Hall–Kier alpha value is -2.22. The summed E-state index contributed by atoms with van der Waals surface area (Å²) in [4.78, 5) is 4.41. The van der Waals surface area contributed by atoms with Gasteiger partial charge in [0.2, 0.25) is 5.96 Å². The lowest BCUT2D eigenvalue weighted by molar-refractivity contribution is 1.02. The van der Waals surface area contributed by atoms with Crippen LogP contribution in [0.1, 0.15) is 0 Å². The van der Waals surface area contributed by atoms with Gasteiger partial charge in [0.15, 0.2) is 0 Å². The Morgan fingerprint density at radius 1 is 1.14 bits per heavy atom. The third-order valence-electron chi connectivity index (χ3n) is 2.75. The molecular weight excluding hydrogens is 308 g/mol. The van der Waals surface area contributed by atoms with E-state index in [0.29, 0.717) is 22.2 Å². The molecule has 0 saturated carbocycles. The van der Waals surface area contributed by atoms with Crippen molar-refractivity contribution in [1.82, 2.24) is 14.2 Å². The maximum atomic E-state index is 6.20. The molecule has 106 valence electrons. The number of hydrogen-bond acceptors (Lipinski definition) is 5. The van der Waals surface area contributed by atoms with Crippen LogP contribution in [0.2, 0.25) is 5.02 Å². The minimum Gasteiger partial charge on any atom is -0.325 e. The van der Waals surface area contributed by atoms with E-state index < -0.39 is 0 Å². The molecule has 3 aromatic rings. The molecule has 2 aromatic carbocycles. The van der Waals surface area contributed by atoms with Gasteiger partial charge in [-0.3, -0.25) is 5.43 Å². The third-order valence-corrected chi connectivity index (χ3v) is 3.60. The minimum absolute atomic E-state index is 0.364. The minimum atomic E-state index is 0.364. The Bertz CT molecular complexity index is 786. The molecule has 1 heterocycles. The lowest BCUT2D eigenvalue weighted by Gasteiger charge is -2.09. The van der Waals surface area contributed by atoms with Crippen molar-refractivity contribution in [3.05, 3.63) is 47.5 Å². The molecule has 0 aliphatic carbocycles. The molecule has 0 radical (unpaired) electrons. The predicted molar refractivity (Wildman–Crippen MR) is 86.9 cm³/mol. The number of benzene rings is 2. The fourth-order valence-corrected chi connectivity index (χ4v) is 2.52. The first kappa shape index (κ1) is 13.7. The van der Waals surface area contributed by atoms with Crippen LogP contribution >= 0.6 is 23.3 Å². The number of rotatable bonds is 2. The highest BCUT2D eigenvalue weighted by molar-refractivity contribution is 7.00. The van der Waals surface area contributed by atoms with Gasteiger partial charge >= 0.3 is 0 Å². The molecule has 1 aromatic heterocycles. The number of nitrogens with one attached hydrogen (secondary N) is 2. The number of anilines is 1. The Morgan fingerprint density at radius 3 is 2.71 bits per heavy atom. The number of fused-ring (bicyclic) bond motifs is 1. The summed E-state index contributed by atoms with van der Waals surface area (Å²) in [6.45, 7) is 0. The summed E-state index contributed by atoms with van der Waals surface area (Å²) in [7, 11) is 0. The number of guanidine groups is 1. The van der Waals surface area contributed by atoms with Gasteiger partial charge < -0.3 is 5.32 Å². The van der Waals surface area contributed by atoms with Crippen molar-refractivity contribution in [1.29, 1.82) is 0 Å². The normalized spacial score (nSPS) is 11.6. The van der Waals surface area contributed by atoms with Gasteiger partial charge in [0.25, 0.3) is 0 Å².